The summed E-state index contributed by atoms with van der Waals surface area (Å²) >= 11 is 1.57. The molecule has 0 amide bonds. The number of nitrogens with zero attached hydrogens (tertiary/aromatic N) is 3. The Morgan fingerprint density at radius 1 is 1.30 bits per heavy atom. The van der Waals surface area contributed by atoms with E-state index in [-0.39, 0.29) is 10.6 Å². The molecule has 1 aliphatic heterocycles. The fraction of sp³-hybridized carbons (Fsp3) is 0.444. The maximum absolute atomic E-state index is 12.9. The Hall–Kier alpha value is -1.97. The van der Waals surface area contributed by atoms with Crippen molar-refractivity contribution in [3.8, 4) is 0 Å². The Morgan fingerprint density at radius 2 is 2.00 bits per heavy atom. The summed E-state index contributed by atoms with van der Waals surface area (Å²) in [7, 11) is -1.96. The summed E-state index contributed by atoms with van der Waals surface area (Å²) in [6.45, 7) is 3.54. The number of sulfonamides is 1. The van der Waals surface area contributed by atoms with Crippen molar-refractivity contribution >= 4 is 32.7 Å². The molecule has 7 nitrogen and oxygen atoms in total. The maximum atomic E-state index is 12.9. The molecule has 0 aliphatic carbocycles. The minimum atomic E-state index is -3.72. The molecular formula is C18H23N3O4S2. The third-order valence-corrected chi connectivity index (χ3v) is 7.66. The fourth-order valence-electron chi connectivity index (χ4n) is 3.23. The van der Waals surface area contributed by atoms with Crippen molar-refractivity contribution in [2.75, 3.05) is 25.0 Å². The van der Waals surface area contributed by atoms with Gasteiger partial charge in [-0.3, -0.25) is 10.1 Å². The normalized spacial score (nSPS) is 16.4. The molecule has 1 saturated heterocycles. The summed E-state index contributed by atoms with van der Waals surface area (Å²) in [5.41, 5.74) is 0.208. The number of benzene rings is 1. The quantitative estimate of drug-likeness (QED) is 0.536. The Labute approximate surface area is 163 Å². The average Bonchev–Trinajstić information content (AvgIpc) is 3.14. The van der Waals surface area contributed by atoms with Gasteiger partial charge in [0.25, 0.3) is 5.69 Å². The molecule has 1 fully saturated rings. The Kier molecular flexibility index (Phi) is 5.83. The first-order valence-corrected chi connectivity index (χ1v) is 11.1. The molecule has 9 heteroatoms. The van der Waals surface area contributed by atoms with Gasteiger partial charge in [0.05, 0.1) is 16.4 Å². The van der Waals surface area contributed by atoms with E-state index in [0.717, 1.165) is 17.7 Å². The molecule has 2 heterocycles. The number of piperidine rings is 1. The van der Waals surface area contributed by atoms with Crippen molar-refractivity contribution < 1.29 is 13.3 Å². The van der Waals surface area contributed by atoms with E-state index >= 15 is 0 Å². The summed E-state index contributed by atoms with van der Waals surface area (Å²) in [4.78, 5) is 13.9. The topological polar surface area (TPSA) is 83.8 Å². The lowest BCUT2D eigenvalue weighted by molar-refractivity contribution is -0.384. The van der Waals surface area contributed by atoms with Gasteiger partial charge in [0, 0.05) is 31.1 Å². The number of rotatable bonds is 6. The molecule has 3 rings (SSSR count). The summed E-state index contributed by atoms with van der Waals surface area (Å²) in [5.74, 6) is 0.499. The van der Waals surface area contributed by atoms with Crippen molar-refractivity contribution in [3.63, 3.8) is 0 Å². The summed E-state index contributed by atoms with van der Waals surface area (Å²) in [6.07, 6.45) is 1.62. The van der Waals surface area contributed by atoms with Crippen LogP contribution in [0.15, 0.2) is 40.6 Å². The van der Waals surface area contributed by atoms with E-state index < -0.39 is 14.9 Å². The molecule has 0 spiro atoms. The minimum absolute atomic E-state index is 0.0166. The van der Waals surface area contributed by atoms with Gasteiger partial charge in [0.1, 0.15) is 5.69 Å². The molecule has 146 valence electrons. The monoisotopic (exact) mass is 409 g/mol. The van der Waals surface area contributed by atoms with Crippen LogP contribution in [0.1, 0.15) is 24.6 Å². The van der Waals surface area contributed by atoms with Crippen molar-refractivity contribution in [2.45, 2.75) is 31.2 Å². The molecule has 0 saturated carbocycles. The third kappa shape index (κ3) is 4.31. The first-order valence-electron chi connectivity index (χ1n) is 8.81. The molecule has 0 atom stereocenters. The number of hydrogen-bond acceptors (Lipinski definition) is 6. The van der Waals surface area contributed by atoms with Gasteiger partial charge >= 0.3 is 0 Å². The van der Waals surface area contributed by atoms with Crippen LogP contribution in [-0.4, -0.2) is 37.8 Å². The van der Waals surface area contributed by atoms with Crippen LogP contribution in [0.5, 0.6) is 0 Å². The van der Waals surface area contributed by atoms with E-state index in [9.17, 15) is 18.5 Å². The van der Waals surface area contributed by atoms with Crippen molar-refractivity contribution in [1.82, 2.24) is 4.31 Å². The van der Waals surface area contributed by atoms with E-state index in [0.29, 0.717) is 31.2 Å². The average molecular weight is 410 g/mol. The van der Waals surface area contributed by atoms with Crippen LogP contribution in [0, 0.1) is 16.0 Å². The zero-order valence-electron chi connectivity index (χ0n) is 15.4. The molecular weight excluding hydrogens is 386 g/mol. The Morgan fingerprint density at radius 3 is 2.59 bits per heavy atom. The van der Waals surface area contributed by atoms with E-state index in [1.54, 1.807) is 23.3 Å². The van der Waals surface area contributed by atoms with E-state index in [2.05, 4.69) is 6.92 Å². The lowest BCUT2D eigenvalue weighted by Gasteiger charge is -2.29. The second-order valence-corrected chi connectivity index (χ2v) is 9.90. The van der Waals surface area contributed by atoms with Gasteiger partial charge in [0.15, 0.2) is 0 Å². The minimum Gasteiger partial charge on any atom is -0.364 e. The number of anilines is 1. The van der Waals surface area contributed by atoms with Crippen molar-refractivity contribution in [3.05, 3.63) is 50.7 Å². The van der Waals surface area contributed by atoms with Crippen molar-refractivity contribution in [2.24, 2.45) is 5.92 Å². The lowest BCUT2D eigenvalue weighted by Crippen LogP contribution is -2.37. The largest absolute Gasteiger partial charge is 0.364 e. The molecule has 2 aromatic rings. The van der Waals surface area contributed by atoms with E-state index in [1.807, 2.05) is 17.5 Å². The molecule has 1 aliphatic rings. The summed E-state index contributed by atoms with van der Waals surface area (Å²) < 4.78 is 27.2. The van der Waals surface area contributed by atoms with Gasteiger partial charge in [-0.2, -0.15) is 4.31 Å². The van der Waals surface area contributed by atoms with Crippen molar-refractivity contribution in [1.29, 1.82) is 0 Å². The molecule has 1 aromatic heterocycles. The standard InChI is InChI=1S/C18H23N3O4S2/c1-14-7-9-20(10-8-14)27(24,25)16-5-6-17(18(12-16)21(22)23)19(2)13-15-4-3-11-26-15/h3-6,11-12,14H,7-10,13H2,1-2H3. The molecule has 0 N–H and O–H groups in total. The predicted molar refractivity (Wildman–Crippen MR) is 107 cm³/mol. The summed E-state index contributed by atoms with van der Waals surface area (Å²) in [5, 5.41) is 13.6. The van der Waals surface area contributed by atoms with Gasteiger partial charge in [0.2, 0.25) is 10.0 Å². The highest BCUT2D eigenvalue weighted by atomic mass is 32.2. The number of thiophene rings is 1. The van der Waals surface area contributed by atoms with E-state index in [1.165, 1.54) is 22.5 Å². The van der Waals surface area contributed by atoms with Gasteiger partial charge in [-0.25, -0.2) is 8.42 Å². The predicted octanol–water partition coefficient (Wildman–Crippen LogP) is 3.71. The number of nitro benzene ring substituents is 1. The highest BCUT2D eigenvalue weighted by molar-refractivity contribution is 7.89. The van der Waals surface area contributed by atoms with Gasteiger partial charge in [-0.15, -0.1) is 11.3 Å². The Bertz CT molecular complexity index is 905. The van der Waals surface area contributed by atoms with Crippen LogP contribution >= 0.6 is 11.3 Å². The molecule has 0 bridgehead atoms. The van der Waals surface area contributed by atoms with Gasteiger partial charge in [-0.05, 0) is 42.3 Å². The maximum Gasteiger partial charge on any atom is 0.293 e. The van der Waals surface area contributed by atoms with Crippen LogP contribution < -0.4 is 4.90 Å². The zero-order chi connectivity index (χ0) is 19.6. The first-order chi connectivity index (χ1) is 12.8. The highest BCUT2D eigenvalue weighted by Gasteiger charge is 2.30. The first kappa shape index (κ1) is 19.8. The molecule has 0 unspecified atom stereocenters. The van der Waals surface area contributed by atoms with Crippen LogP contribution in [0.25, 0.3) is 0 Å². The fourth-order valence-corrected chi connectivity index (χ4v) is 5.48. The number of hydrogen-bond donors (Lipinski definition) is 0. The third-order valence-electron chi connectivity index (χ3n) is 4.91. The zero-order valence-corrected chi connectivity index (χ0v) is 17.0. The van der Waals surface area contributed by atoms with Gasteiger partial charge in [-0.1, -0.05) is 13.0 Å². The molecule has 1 aromatic carbocycles. The SMILES string of the molecule is CC1CCN(S(=O)(=O)c2ccc(N(C)Cc3cccs3)c([N+](=O)[O-])c2)CC1. The molecule has 27 heavy (non-hydrogen) atoms. The van der Waals surface area contributed by atoms with Crippen LogP contribution in [0.4, 0.5) is 11.4 Å². The van der Waals surface area contributed by atoms with Crippen LogP contribution in [0.3, 0.4) is 0 Å². The van der Waals surface area contributed by atoms with Gasteiger partial charge < -0.3 is 4.90 Å². The molecule has 0 radical (unpaired) electrons. The van der Waals surface area contributed by atoms with Crippen LogP contribution in [-0.2, 0) is 16.6 Å². The lowest BCUT2D eigenvalue weighted by atomic mass is 10.0. The summed E-state index contributed by atoms with van der Waals surface area (Å²) in [6, 6.07) is 8.08. The number of nitro groups is 1. The van der Waals surface area contributed by atoms with E-state index in [4.69, 9.17) is 0 Å². The van der Waals surface area contributed by atoms with Crippen LogP contribution in [0.2, 0.25) is 0 Å². The second kappa shape index (κ2) is 7.95. The smallest absolute Gasteiger partial charge is 0.293 e. The Balaban J connectivity index is 1.90. The second-order valence-electron chi connectivity index (χ2n) is 6.93. The highest BCUT2D eigenvalue weighted by Crippen LogP contribution is 2.33.